The van der Waals surface area contributed by atoms with E-state index in [0.29, 0.717) is 17.9 Å². The van der Waals surface area contributed by atoms with Crippen molar-refractivity contribution in [3.63, 3.8) is 0 Å². The highest BCUT2D eigenvalue weighted by molar-refractivity contribution is 7.89. The molecule has 2 aromatic carbocycles. The molecule has 0 radical (unpaired) electrons. The lowest BCUT2D eigenvalue weighted by Gasteiger charge is -2.16. The Hall–Kier alpha value is -2.71. The van der Waals surface area contributed by atoms with Gasteiger partial charge in [0.2, 0.25) is 10.0 Å². The molecule has 28 heavy (non-hydrogen) atoms. The first kappa shape index (κ1) is 21.6. The van der Waals surface area contributed by atoms with Gasteiger partial charge in [0.05, 0.1) is 11.5 Å². The smallest absolute Gasteiger partial charge is 0.321 e. The summed E-state index contributed by atoms with van der Waals surface area (Å²) in [5.74, 6) is -0.558. The second-order valence-electron chi connectivity index (χ2n) is 6.12. The average molecular weight is 405 g/mol. The average Bonchev–Trinajstić information content (AvgIpc) is 2.67. The minimum absolute atomic E-state index is 0.0823. The van der Waals surface area contributed by atoms with Crippen LogP contribution < -0.4 is 4.74 Å². The third-order valence-corrected chi connectivity index (χ3v) is 5.75. The summed E-state index contributed by atoms with van der Waals surface area (Å²) < 4.78 is 36.0. The third-order valence-electron chi connectivity index (χ3n) is 3.93. The van der Waals surface area contributed by atoms with E-state index in [1.54, 1.807) is 36.4 Å². The summed E-state index contributed by atoms with van der Waals surface area (Å²) in [5, 5.41) is 0. The summed E-state index contributed by atoms with van der Waals surface area (Å²) >= 11 is 0. The number of rotatable bonds is 9. The van der Waals surface area contributed by atoms with Crippen LogP contribution >= 0.6 is 0 Å². The zero-order valence-electron chi connectivity index (χ0n) is 16.0. The maximum Gasteiger partial charge on any atom is 0.321 e. The van der Waals surface area contributed by atoms with Gasteiger partial charge >= 0.3 is 5.97 Å². The maximum absolute atomic E-state index is 12.5. The van der Waals surface area contributed by atoms with Crippen molar-refractivity contribution in [2.75, 3.05) is 26.8 Å². The van der Waals surface area contributed by atoms with Crippen molar-refractivity contribution in [2.24, 2.45) is 0 Å². The van der Waals surface area contributed by atoms with Crippen molar-refractivity contribution in [2.45, 2.75) is 18.7 Å². The zero-order chi connectivity index (χ0) is 20.7. The quantitative estimate of drug-likeness (QED) is 0.470. The lowest BCUT2D eigenvalue weighted by atomic mass is 10.1. The van der Waals surface area contributed by atoms with E-state index in [9.17, 15) is 18.0 Å². The van der Waals surface area contributed by atoms with E-state index in [2.05, 4.69) is 0 Å². The fourth-order valence-electron chi connectivity index (χ4n) is 2.34. The molecule has 0 amide bonds. The Labute approximate surface area is 164 Å². The van der Waals surface area contributed by atoms with Gasteiger partial charge in [0, 0.05) is 12.6 Å². The Kier molecular flexibility index (Phi) is 7.31. The molecule has 0 aliphatic carbocycles. The number of hydrogen-bond acceptors (Lipinski definition) is 6. The van der Waals surface area contributed by atoms with E-state index < -0.39 is 29.1 Å². The van der Waals surface area contributed by atoms with Crippen LogP contribution in [0.1, 0.15) is 22.8 Å². The summed E-state index contributed by atoms with van der Waals surface area (Å²) in [7, 11) is -2.54. The number of hydrogen-bond donors (Lipinski definition) is 0. The molecule has 0 aromatic heterocycles. The van der Waals surface area contributed by atoms with Crippen LogP contribution in [-0.4, -0.2) is 51.3 Å². The normalized spacial score (nSPS) is 11.3. The SMILES string of the molecule is CCOc1ccc(C(=O)COC(=O)CN(C)S(=O)(=O)c2ccc(C)cc2)cc1. The molecule has 0 aliphatic rings. The first-order valence-electron chi connectivity index (χ1n) is 8.68. The molecule has 0 saturated carbocycles. The molecule has 0 heterocycles. The van der Waals surface area contributed by atoms with Gasteiger partial charge in [0.15, 0.2) is 12.4 Å². The standard InChI is InChI=1S/C20H23NO6S/c1-4-26-17-9-7-16(8-10-17)19(22)14-27-20(23)13-21(3)28(24,25)18-11-5-15(2)6-12-18/h5-12H,4,13-14H2,1-3H3. The molecule has 0 spiro atoms. The van der Waals surface area contributed by atoms with E-state index >= 15 is 0 Å². The highest BCUT2D eigenvalue weighted by atomic mass is 32.2. The summed E-state index contributed by atoms with van der Waals surface area (Å²) in [6.45, 7) is 3.26. The highest BCUT2D eigenvalue weighted by Crippen LogP contribution is 2.15. The van der Waals surface area contributed by atoms with Crippen LogP contribution in [-0.2, 0) is 19.6 Å². The number of carbonyl (C=O) groups excluding carboxylic acids is 2. The molecule has 2 rings (SSSR count). The van der Waals surface area contributed by atoms with Crippen LogP contribution in [0.5, 0.6) is 5.75 Å². The van der Waals surface area contributed by atoms with Crippen molar-refractivity contribution >= 4 is 21.8 Å². The second-order valence-corrected chi connectivity index (χ2v) is 8.16. The minimum Gasteiger partial charge on any atom is -0.494 e. The number of nitrogens with zero attached hydrogens (tertiary/aromatic N) is 1. The molecule has 0 bridgehead atoms. The first-order valence-corrected chi connectivity index (χ1v) is 10.1. The van der Waals surface area contributed by atoms with Gasteiger partial charge < -0.3 is 9.47 Å². The predicted molar refractivity (Wildman–Crippen MR) is 104 cm³/mol. The summed E-state index contributed by atoms with van der Waals surface area (Å²) in [6, 6.07) is 12.8. The molecule has 8 heteroatoms. The molecule has 0 fully saturated rings. The first-order chi connectivity index (χ1) is 13.2. The van der Waals surface area contributed by atoms with E-state index in [4.69, 9.17) is 9.47 Å². The molecule has 0 atom stereocenters. The number of ketones is 1. The number of sulfonamides is 1. The largest absolute Gasteiger partial charge is 0.494 e. The molecular formula is C20H23NO6S. The number of likely N-dealkylation sites (N-methyl/N-ethyl adjacent to an activating group) is 1. The predicted octanol–water partition coefficient (Wildman–Crippen LogP) is 2.44. The van der Waals surface area contributed by atoms with Gasteiger partial charge in [-0.1, -0.05) is 17.7 Å². The maximum atomic E-state index is 12.5. The molecule has 150 valence electrons. The van der Waals surface area contributed by atoms with Crippen molar-refractivity contribution in [1.29, 1.82) is 0 Å². The zero-order valence-corrected chi connectivity index (χ0v) is 16.9. The van der Waals surface area contributed by atoms with Gasteiger partial charge in [-0.15, -0.1) is 0 Å². The van der Waals surface area contributed by atoms with Crippen LogP contribution in [0.4, 0.5) is 0 Å². The van der Waals surface area contributed by atoms with E-state index in [1.807, 2.05) is 13.8 Å². The van der Waals surface area contributed by atoms with E-state index in [1.165, 1.54) is 19.2 Å². The Morgan fingerprint density at radius 2 is 1.61 bits per heavy atom. The van der Waals surface area contributed by atoms with Gasteiger partial charge in [-0.3, -0.25) is 9.59 Å². The van der Waals surface area contributed by atoms with Crippen LogP contribution in [0.15, 0.2) is 53.4 Å². The van der Waals surface area contributed by atoms with Crippen molar-refractivity contribution in [1.82, 2.24) is 4.31 Å². The van der Waals surface area contributed by atoms with E-state index in [0.717, 1.165) is 9.87 Å². The summed E-state index contributed by atoms with van der Waals surface area (Å²) in [5.41, 5.74) is 1.30. The Morgan fingerprint density at radius 1 is 1.00 bits per heavy atom. The molecule has 0 N–H and O–H groups in total. The number of carbonyl (C=O) groups is 2. The van der Waals surface area contributed by atoms with Crippen LogP contribution in [0.25, 0.3) is 0 Å². The Morgan fingerprint density at radius 3 is 2.18 bits per heavy atom. The van der Waals surface area contributed by atoms with Crippen molar-refractivity contribution < 1.29 is 27.5 Å². The molecule has 0 saturated heterocycles. The fourth-order valence-corrected chi connectivity index (χ4v) is 3.45. The van der Waals surface area contributed by atoms with Gasteiger partial charge in [0.1, 0.15) is 12.3 Å². The van der Waals surface area contributed by atoms with Crippen LogP contribution in [0, 0.1) is 6.92 Å². The van der Waals surface area contributed by atoms with Gasteiger partial charge in [-0.05, 0) is 50.2 Å². The lowest BCUT2D eigenvalue weighted by Crippen LogP contribution is -2.33. The molecular weight excluding hydrogens is 382 g/mol. The van der Waals surface area contributed by atoms with Crippen LogP contribution in [0.3, 0.4) is 0 Å². The monoisotopic (exact) mass is 405 g/mol. The van der Waals surface area contributed by atoms with E-state index in [-0.39, 0.29) is 10.7 Å². The lowest BCUT2D eigenvalue weighted by molar-refractivity contribution is -0.142. The summed E-state index contributed by atoms with van der Waals surface area (Å²) in [4.78, 5) is 24.1. The Balaban J connectivity index is 1.90. The number of Topliss-reactive ketones (excluding diaryl/α,β-unsaturated/α-hetero) is 1. The Bertz CT molecular complexity index is 920. The van der Waals surface area contributed by atoms with Crippen molar-refractivity contribution in [3.05, 3.63) is 59.7 Å². The number of benzene rings is 2. The van der Waals surface area contributed by atoms with Crippen molar-refractivity contribution in [3.8, 4) is 5.75 Å². The molecule has 0 unspecified atom stereocenters. The van der Waals surface area contributed by atoms with Gasteiger partial charge in [0.25, 0.3) is 0 Å². The van der Waals surface area contributed by atoms with Gasteiger partial charge in [-0.2, -0.15) is 4.31 Å². The molecule has 7 nitrogen and oxygen atoms in total. The fraction of sp³-hybridized carbons (Fsp3) is 0.300. The molecule has 0 aliphatic heterocycles. The summed E-state index contributed by atoms with van der Waals surface area (Å²) in [6.07, 6.45) is 0. The minimum atomic E-state index is -3.82. The van der Waals surface area contributed by atoms with Gasteiger partial charge in [-0.25, -0.2) is 8.42 Å². The number of aryl methyl sites for hydroxylation is 1. The topological polar surface area (TPSA) is 90.0 Å². The number of esters is 1. The van der Waals surface area contributed by atoms with Crippen LogP contribution in [0.2, 0.25) is 0 Å². The molecule has 2 aromatic rings. The highest BCUT2D eigenvalue weighted by Gasteiger charge is 2.23. The third kappa shape index (κ3) is 5.64. The number of ether oxygens (including phenoxy) is 2. The second kappa shape index (κ2) is 9.48.